The fourth-order valence-electron chi connectivity index (χ4n) is 9.29. The number of nitrogens with zero attached hydrogens (tertiary/aromatic N) is 2. The maximum atomic E-state index is 14.0. The third kappa shape index (κ3) is 6.35. The van der Waals surface area contributed by atoms with Gasteiger partial charge in [0.15, 0.2) is 11.5 Å². The fraction of sp³-hybridized carbons (Fsp3) is 0.463. The van der Waals surface area contributed by atoms with Gasteiger partial charge in [-0.1, -0.05) is 56.2 Å². The van der Waals surface area contributed by atoms with E-state index in [0.29, 0.717) is 30.8 Å². The minimum absolute atomic E-state index is 0.142. The van der Waals surface area contributed by atoms with Gasteiger partial charge in [0.25, 0.3) is 5.91 Å². The van der Waals surface area contributed by atoms with Gasteiger partial charge in [0, 0.05) is 48.5 Å². The van der Waals surface area contributed by atoms with Crippen LogP contribution in [0.2, 0.25) is 0 Å². The van der Waals surface area contributed by atoms with E-state index in [2.05, 4.69) is 36.7 Å². The van der Waals surface area contributed by atoms with Crippen molar-refractivity contribution >= 4 is 11.9 Å². The van der Waals surface area contributed by atoms with E-state index in [1.54, 1.807) is 7.11 Å². The molecule has 51 heavy (non-hydrogen) atoms. The SMILES string of the molecule is COc1ccc2c3c1O[C@H]1[C@@H](N(CC(C)C)C(=O)C#Cc4ccc(C(F)(F)F)cc4)CC[C@H]4[C@@H](C2)N(CC(OC(C)=O)c2ccccc2)CC[C@@]341. The van der Waals surface area contributed by atoms with Crippen LogP contribution >= 0.6 is 0 Å². The number of hydrogen-bond acceptors (Lipinski definition) is 6. The van der Waals surface area contributed by atoms with Gasteiger partial charge in [-0.05, 0) is 85.5 Å². The van der Waals surface area contributed by atoms with Gasteiger partial charge in [0.05, 0.1) is 18.7 Å². The molecule has 0 radical (unpaired) electrons. The summed E-state index contributed by atoms with van der Waals surface area (Å²) in [6, 6.07) is 18.4. The van der Waals surface area contributed by atoms with Crippen LogP contribution in [-0.4, -0.2) is 66.6 Å². The zero-order valence-corrected chi connectivity index (χ0v) is 29.3. The zero-order valence-electron chi connectivity index (χ0n) is 29.3. The molecule has 1 spiro atoms. The van der Waals surface area contributed by atoms with Crippen LogP contribution in [0.4, 0.5) is 13.2 Å². The number of carbonyl (C=O) groups is 2. The van der Waals surface area contributed by atoms with Crippen molar-refractivity contribution in [3.63, 3.8) is 0 Å². The standard InChI is InChI=1S/C41H43F3N2O5/c1-25(2)23-46(36(48)19-12-27-10-14-30(15-11-27)41(42,43)44)32-17-16-31-33-22-29-13-18-34(49-4)38-37(29)40(31,39(32)51-38)20-21-45(33)24-35(50-26(3)47)28-8-6-5-7-9-28/h5-11,13-15,18,25,31-33,35,39H,16-17,20-24H2,1-4H3/t31-,32-,33+,35?,39-,40-/m0/s1. The summed E-state index contributed by atoms with van der Waals surface area (Å²) in [5.41, 5.74) is 2.59. The predicted molar refractivity (Wildman–Crippen MR) is 185 cm³/mol. The molecule has 2 heterocycles. The van der Waals surface area contributed by atoms with Crippen molar-refractivity contribution < 1.29 is 37.0 Å². The highest BCUT2D eigenvalue weighted by molar-refractivity contribution is 5.94. The molecule has 3 aromatic rings. The monoisotopic (exact) mass is 700 g/mol. The normalized spacial score (nSPS) is 25.2. The molecule has 1 saturated carbocycles. The van der Waals surface area contributed by atoms with E-state index in [-0.39, 0.29) is 47.3 Å². The number of piperidine rings is 1. The number of methoxy groups -OCH3 is 1. The number of carbonyl (C=O) groups excluding carboxylic acids is 2. The first-order valence-corrected chi connectivity index (χ1v) is 17.7. The molecule has 0 aromatic heterocycles. The second-order valence-corrected chi connectivity index (χ2v) is 14.7. The molecular weight excluding hydrogens is 657 g/mol. The highest BCUT2D eigenvalue weighted by Gasteiger charge is 2.66. The molecule has 2 aliphatic heterocycles. The van der Waals surface area contributed by atoms with Crippen molar-refractivity contribution in [3.05, 3.63) is 94.5 Å². The number of ether oxygens (including phenoxy) is 3. The lowest BCUT2D eigenvalue weighted by Crippen LogP contribution is -2.69. The van der Waals surface area contributed by atoms with Crippen molar-refractivity contribution in [2.75, 3.05) is 26.7 Å². The van der Waals surface area contributed by atoms with Gasteiger partial charge in [0.1, 0.15) is 12.2 Å². The number of halogens is 3. The van der Waals surface area contributed by atoms with Crippen molar-refractivity contribution in [3.8, 4) is 23.3 Å². The summed E-state index contributed by atoms with van der Waals surface area (Å²) >= 11 is 0. The predicted octanol–water partition coefficient (Wildman–Crippen LogP) is 6.96. The van der Waals surface area contributed by atoms with Crippen LogP contribution in [0.5, 0.6) is 11.5 Å². The quantitative estimate of drug-likeness (QED) is 0.187. The molecule has 7 rings (SSSR count). The molecular formula is C41H43F3N2O5. The summed E-state index contributed by atoms with van der Waals surface area (Å²) in [6.45, 7) is 7.36. The summed E-state index contributed by atoms with van der Waals surface area (Å²) in [5, 5.41) is 0. The van der Waals surface area contributed by atoms with Crippen molar-refractivity contribution in [1.29, 1.82) is 0 Å². The molecule has 6 atom stereocenters. The molecule has 1 amide bonds. The summed E-state index contributed by atoms with van der Waals surface area (Å²) in [6.07, 6.45) is -1.99. The largest absolute Gasteiger partial charge is 0.493 e. The molecule has 2 fully saturated rings. The number of esters is 1. The van der Waals surface area contributed by atoms with Crippen LogP contribution in [0.15, 0.2) is 66.7 Å². The van der Waals surface area contributed by atoms with E-state index < -0.39 is 17.8 Å². The Morgan fingerprint density at radius 3 is 2.47 bits per heavy atom. The number of hydrogen-bond donors (Lipinski definition) is 0. The van der Waals surface area contributed by atoms with Gasteiger partial charge in [-0.2, -0.15) is 13.2 Å². The third-order valence-corrected chi connectivity index (χ3v) is 11.2. The van der Waals surface area contributed by atoms with Crippen LogP contribution in [0.3, 0.4) is 0 Å². The van der Waals surface area contributed by atoms with Gasteiger partial charge in [-0.25, -0.2) is 0 Å². The van der Waals surface area contributed by atoms with Gasteiger partial charge in [-0.15, -0.1) is 0 Å². The molecule has 4 aliphatic rings. The zero-order chi connectivity index (χ0) is 36.1. The average Bonchev–Trinajstić information content (AvgIpc) is 3.45. The van der Waals surface area contributed by atoms with Gasteiger partial charge < -0.3 is 19.1 Å². The molecule has 0 N–H and O–H groups in total. The van der Waals surface area contributed by atoms with Crippen LogP contribution in [-0.2, 0) is 32.3 Å². The Morgan fingerprint density at radius 1 is 1.06 bits per heavy atom. The topological polar surface area (TPSA) is 68.3 Å². The highest BCUT2D eigenvalue weighted by Crippen LogP contribution is 2.64. The van der Waals surface area contributed by atoms with E-state index in [0.717, 1.165) is 49.3 Å². The van der Waals surface area contributed by atoms with Crippen LogP contribution in [0, 0.1) is 23.7 Å². The van der Waals surface area contributed by atoms with E-state index in [1.807, 2.05) is 41.3 Å². The van der Waals surface area contributed by atoms with Gasteiger partial charge in [-0.3, -0.25) is 14.5 Å². The summed E-state index contributed by atoms with van der Waals surface area (Å²) in [4.78, 5) is 30.6. The van der Waals surface area contributed by atoms with E-state index in [4.69, 9.17) is 14.2 Å². The van der Waals surface area contributed by atoms with Crippen molar-refractivity contribution in [2.45, 2.75) is 82.3 Å². The van der Waals surface area contributed by atoms with Gasteiger partial charge >= 0.3 is 12.1 Å². The number of rotatable bonds is 8. The molecule has 268 valence electrons. The van der Waals surface area contributed by atoms with E-state index in [9.17, 15) is 22.8 Å². The van der Waals surface area contributed by atoms with Crippen LogP contribution in [0.25, 0.3) is 0 Å². The Hall–Kier alpha value is -4.49. The number of amides is 1. The Kier molecular flexibility index (Phi) is 9.30. The summed E-state index contributed by atoms with van der Waals surface area (Å²) < 4.78 is 58.1. The maximum absolute atomic E-state index is 14.0. The Morgan fingerprint density at radius 2 is 1.80 bits per heavy atom. The molecule has 1 unspecified atom stereocenters. The summed E-state index contributed by atoms with van der Waals surface area (Å²) in [5.74, 6) is 6.71. The second kappa shape index (κ2) is 13.6. The van der Waals surface area contributed by atoms with Crippen molar-refractivity contribution in [1.82, 2.24) is 9.80 Å². The minimum Gasteiger partial charge on any atom is -0.493 e. The van der Waals surface area contributed by atoms with Gasteiger partial charge in [0.2, 0.25) is 0 Å². The van der Waals surface area contributed by atoms with Crippen LogP contribution in [0.1, 0.15) is 74.0 Å². The average molecular weight is 701 g/mol. The minimum atomic E-state index is -4.45. The molecule has 10 heteroatoms. The number of alkyl halides is 3. The lowest BCUT2D eigenvalue weighted by atomic mass is 9.51. The number of benzene rings is 3. The lowest BCUT2D eigenvalue weighted by molar-refractivity contribution is -0.151. The third-order valence-electron chi connectivity index (χ3n) is 11.2. The van der Waals surface area contributed by atoms with E-state index >= 15 is 0 Å². The second-order valence-electron chi connectivity index (χ2n) is 14.7. The van der Waals surface area contributed by atoms with Crippen LogP contribution < -0.4 is 9.47 Å². The molecule has 7 nitrogen and oxygen atoms in total. The molecule has 2 bridgehead atoms. The molecule has 2 aliphatic carbocycles. The van der Waals surface area contributed by atoms with E-state index in [1.165, 1.54) is 30.2 Å². The Bertz CT molecular complexity index is 1850. The van der Waals surface area contributed by atoms with Crippen molar-refractivity contribution in [2.24, 2.45) is 11.8 Å². The first-order valence-electron chi connectivity index (χ1n) is 17.7. The first kappa shape index (κ1) is 34.9. The smallest absolute Gasteiger partial charge is 0.416 e. The first-order chi connectivity index (χ1) is 24.4. The molecule has 3 aromatic carbocycles. The lowest BCUT2D eigenvalue weighted by Gasteiger charge is -2.60. The molecule has 1 saturated heterocycles. The maximum Gasteiger partial charge on any atom is 0.416 e. The summed E-state index contributed by atoms with van der Waals surface area (Å²) in [7, 11) is 1.65. The highest BCUT2D eigenvalue weighted by atomic mass is 19.4. The fourth-order valence-corrected chi connectivity index (χ4v) is 9.29. The Balaban J connectivity index is 1.22. The number of likely N-dealkylation sites (tertiary alicyclic amines) is 1. The Labute approximate surface area is 297 Å².